The van der Waals surface area contributed by atoms with Crippen molar-refractivity contribution in [2.24, 2.45) is 0 Å². The fourth-order valence-electron chi connectivity index (χ4n) is 1.09. The minimum absolute atomic E-state index is 0.0706. The van der Waals surface area contributed by atoms with Crippen molar-refractivity contribution in [2.75, 3.05) is 25.6 Å². The summed E-state index contributed by atoms with van der Waals surface area (Å²) in [6.45, 7) is 2.56. The molecule has 0 aliphatic heterocycles. The Kier molecular flexibility index (Phi) is 5.67. The average Bonchev–Trinajstić information content (AvgIpc) is 2.24. The largest absolute Gasteiger partial charge is 0.489 e. The van der Waals surface area contributed by atoms with Crippen molar-refractivity contribution >= 4 is 19.7 Å². The quantitative estimate of drug-likeness (QED) is 0.557. The Bertz CT molecular complexity index is 449. The lowest BCUT2D eigenvalue weighted by atomic mass is 10.3. The van der Waals surface area contributed by atoms with Crippen molar-refractivity contribution in [3.63, 3.8) is 0 Å². The standard InChI is InChI=1S/C10H14ClNO4S/c1-9-10(3-2-4-12-9)16-6-5-15-7-8-17(11,13)14/h2-4H,5-8H2,1H3. The first-order valence-corrected chi connectivity index (χ1v) is 7.51. The second kappa shape index (κ2) is 6.78. The Morgan fingerprint density at radius 1 is 1.35 bits per heavy atom. The SMILES string of the molecule is Cc1ncccc1OCCOCCS(=O)(=O)Cl. The van der Waals surface area contributed by atoms with E-state index in [0.29, 0.717) is 19.0 Å². The molecular formula is C10H14ClNO4S. The normalized spacial score (nSPS) is 11.4. The van der Waals surface area contributed by atoms with Crippen LogP contribution in [0.3, 0.4) is 0 Å². The van der Waals surface area contributed by atoms with Gasteiger partial charge in [-0.2, -0.15) is 0 Å². The first-order chi connectivity index (χ1) is 7.99. The molecule has 5 nitrogen and oxygen atoms in total. The van der Waals surface area contributed by atoms with Gasteiger partial charge in [-0.25, -0.2) is 8.42 Å². The fourth-order valence-corrected chi connectivity index (χ4v) is 1.60. The molecule has 0 aromatic carbocycles. The Morgan fingerprint density at radius 3 is 2.76 bits per heavy atom. The number of ether oxygens (including phenoxy) is 2. The van der Waals surface area contributed by atoms with Gasteiger partial charge in [0.05, 0.1) is 24.7 Å². The third-order valence-corrected chi connectivity index (χ3v) is 3.03. The number of aromatic nitrogens is 1. The van der Waals surface area contributed by atoms with E-state index in [4.69, 9.17) is 20.2 Å². The second-order valence-corrected chi connectivity index (χ2v) is 6.19. The van der Waals surface area contributed by atoms with Crippen LogP contribution in [0.2, 0.25) is 0 Å². The molecule has 0 unspecified atom stereocenters. The maximum atomic E-state index is 10.6. The van der Waals surface area contributed by atoms with E-state index in [9.17, 15) is 8.42 Å². The lowest BCUT2D eigenvalue weighted by Crippen LogP contribution is -2.12. The van der Waals surface area contributed by atoms with Gasteiger partial charge in [0.25, 0.3) is 0 Å². The third kappa shape index (κ3) is 6.45. The molecule has 0 aliphatic rings. The molecule has 1 rings (SSSR count). The van der Waals surface area contributed by atoms with Gasteiger partial charge in [0.2, 0.25) is 9.05 Å². The number of aryl methyl sites for hydroxylation is 1. The van der Waals surface area contributed by atoms with Crippen LogP contribution in [0.15, 0.2) is 18.3 Å². The summed E-state index contributed by atoms with van der Waals surface area (Å²) in [6, 6.07) is 3.59. The highest BCUT2D eigenvalue weighted by Crippen LogP contribution is 2.12. The van der Waals surface area contributed by atoms with Crippen LogP contribution in [0.5, 0.6) is 5.75 Å². The van der Waals surface area contributed by atoms with Crippen LogP contribution in [0.4, 0.5) is 0 Å². The van der Waals surface area contributed by atoms with Gasteiger partial charge in [0, 0.05) is 16.9 Å². The van der Waals surface area contributed by atoms with Crippen molar-refractivity contribution in [1.29, 1.82) is 0 Å². The van der Waals surface area contributed by atoms with Gasteiger partial charge >= 0.3 is 0 Å². The molecule has 0 saturated heterocycles. The molecule has 17 heavy (non-hydrogen) atoms. The van der Waals surface area contributed by atoms with Crippen LogP contribution in [-0.4, -0.2) is 39.0 Å². The summed E-state index contributed by atoms with van der Waals surface area (Å²) in [7, 11) is 1.54. The van der Waals surface area contributed by atoms with Gasteiger partial charge in [-0.05, 0) is 19.1 Å². The lowest BCUT2D eigenvalue weighted by molar-refractivity contribution is 0.111. The highest BCUT2D eigenvalue weighted by atomic mass is 35.7. The number of hydrogen-bond acceptors (Lipinski definition) is 5. The topological polar surface area (TPSA) is 65.5 Å². The number of pyridine rings is 1. The summed E-state index contributed by atoms with van der Waals surface area (Å²) >= 11 is 0. The molecular weight excluding hydrogens is 266 g/mol. The van der Waals surface area contributed by atoms with Crippen LogP contribution in [0.25, 0.3) is 0 Å². The zero-order valence-corrected chi connectivity index (χ0v) is 11.0. The Morgan fingerprint density at radius 2 is 2.12 bits per heavy atom. The zero-order chi connectivity index (χ0) is 12.7. The van der Waals surface area contributed by atoms with Crippen LogP contribution in [0, 0.1) is 6.92 Å². The molecule has 0 aliphatic carbocycles. The van der Waals surface area contributed by atoms with E-state index in [-0.39, 0.29) is 12.4 Å². The van der Waals surface area contributed by atoms with Crippen LogP contribution < -0.4 is 4.74 Å². The third-order valence-electron chi connectivity index (χ3n) is 1.92. The Balaban J connectivity index is 2.15. The monoisotopic (exact) mass is 279 g/mol. The molecule has 1 aromatic heterocycles. The highest BCUT2D eigenvalue weighted by Gasteiger charge is 2.04. The van der Waals surface area contributed by atoms with E-state index >= 15 is 0 Å². The van der Waals surface area contributed by atoms with Crippen molar-refractivity contribution < 1.29 is 17.9 Å². The second-order valence-electron chi connectivity index (χ2n) is 3.29. The molecule has 1 aromatic rings. The minimum atomic E-state index is -3.47. The summed E-state index contributed by atoms with van der Waals surface area (Å²) in [5.41, 5.74) is 0.802. The number of nitrogens with zero attached hydrogens (tertiary/aromatic N) is 1. The van der Waals surface area contributed by atoms with Gasteiger partial charge in [-0.3, -0.25) is 4.98 Å². The summed E-state index contributed by atoms with van der Waals surface area (Å²) in [6.07, 6.45) is 1.68. The molecule has 0 N–H and O–H groups in total. The lowest BCUT2D eigenvalue weighted by Gasteiger charge is -2.08. The van der Waals surface area contributed by atoms with Gasteiger partial charge in [0.15, 0.2) is 0 Å². The molecule has 7 heteroatoms. The molecule has 1 heterocycles. The molecule has 0 radical (unpaired) electrons. The minimum Gasteiger partial charge on any atom is -0.489 e. The van der Waals surface area contributed by atoms with Crippen molar-refractivity contribution in [3.05, 3.63) is 24.0 Å². The average molecular weight is 280 g/mol. The van der Waals surface area contributed by atoms with Crippen molar-refractivity contribution in [2.45, 2.75) is 6.92 Å². The van der Waals surface area contributed by atoms with Gasteiger partial charge in [-0.1, -0.05) is 0 Å². The van der Waals surface area contributed by atoms with E-state index in [1.165, 1.54) is 0 Å². The predicted octanol–water partition coefficient (Wildman–Crippen LogP) is 1.35. The van der Waals surface area contributed by atoms with Crippen LogP contribution in [0.1, 0.15) is 5.69 Å². The Labute approximate surface area is 105 Å². The summed E-state index contributed by atoms with van der Waals surface area (Å²) in [5, 5.41) is 0. The predicted molar refractivity (Wildman–Crippen MR) is 64.9 cm³/mol. The molecule has 0 fully saturated rings. The van der Waals surface area contributed by atoms with Gasteiger partial charge < -0.3 is 9.47 Å². The summed E-state index contributed by atoms with van der Waals surface area (Å²) in [5.74, 6) is 0.501. The molecule has 0 saturated carbocycles. The molecule has 0 spiro atoms. The maximum Gasteiger partial charge on any atom is 0.234 e. The smallest absolute Gasteiger partial charge is 0.234 e. The summed E-state index contributed by atoms with van der Waals surface area (Å²) < 4.78 is 31.6. The van der Waals surface area contributed by atoms with E-state index in [1.807, 2.05) is 13.0 Å². The molecule has 0 amide bonds. The highest BCUT2D eigenvalue weighted by molar-refractivity contribution is 8.13. The van der Waals surface area contributed by atoms with E-state index < -0.39 is 9.05 Å². The van der Waals surface area contributed by atoms with Gasteiger partial charge in [0.1, 0.15) is 12.4 Å². The van der Waals surface area contributed by atoms with Crippen molar-refractivity contribution in [1.82, 2.24) is 4.98 Å². The van der Waals surface area contributed by atoms with Crippen molar-refractivity contribution in [3.8, 4) is 5.75 Å². The zero-order valence-electron chi connectivity index (χ0n) is 9.43. The first kappa shape index (κ1) is 14.2. The van der Waals surface area contributed by atoms with E-state index in [2.05, 4.69) is 4.98 Å². The van der Waals surface area contributed by atoms with E-state index in [1.54, 1.807) is 12.3 Å². The number of hydrogen-bond donors (Lipinski definition) is 0. The van der Waals surface area contributed by atoms with Crippen LogP contribution in [-0.2, 0) is 13.8 Å². The number of halogens is 1. The molecule has 0 atom stereocenters. The number of rotatable bonds is 7. The summed E-state index contributed by atoms with van der Waals surface area (Å²) in [4.78, 5) is 4.06. The van der Waals surface area contributed by atoms with Crippen LogP contribution >= 0.6 is 10.7 Å². The first-order valence-electron chi connectivity index (χ1n) is 5.03. The van der Waals surface area contributed by atoms with Gasteiger partial charge in [-0.15, -0.1) is 0 Å². The Hall–Kier alpha value is -0.850. The maximum absolute atomic E-state index is 10.6. The molecule has 0 bridgehead atoms. The molecule has 96 valence electrons. The van der Waals surface area contributed by atoms with E-state index in [0.717, 1.165) is 5.69 Å². The fraction of sp³-hybridized carbons (Fsp3) is 0.500.